The number of amides is 2. The molecule has 1 N–H and O–H groups in total. The van der Waals surface area contributed by atoms with Crippen molar-refractivity contribution in [3.8, 4) is 0 Å². The molecule has 2 amide bonds. The molecule has 158 valence electrons. The minimum Gasteiger partial charge on any atom is -0.373 e. The molecule has 2 aliphatic heterocycles. The van der Waals surface area contributed by atoms with Gasteiger partial charge in [0, 0.05) is 18.8 Å². The molecule has 0 spiro atoms. The molecule has 4 rings (SSSR count). The fraction of sp³-hybridized carbons (Fsp3) is 0.364. The topological polar surface area (TPSA) is 86.8 Å². The van der Waals surface area contributed by atoms with Gasteiger partial charge in [-0.25, -0.2) is 13.3 Å². The van der Waals surface area contributed by atoms with E-state index < -0.39 is 16.1 Å². The fourth-order valence-electron chi connectivity index (χ4n) is 4.06. The molecule has 30 heavy (non-hydrogen) atoms. The number of nitrogens with one attached hydrogen (secondary N) is 1. The summed E-state index contributed by atoms with van der Waals surface area (Å²) >= 11 is 0. The SMILES string of the molecule is Cc1ccc(N2C(=O)C[C@H](Nc3ccc(S(=O)(=O)N4CCCC4)cc3)C2=O)c(C)c1. The first-order valence-corrected chi connectivity index (χ1v) is 11.5. The minimum atomic E-state index is -3.48. The van der Waals surface area contributed by atoms with E-state index in [0.29, 0.717) is 24.5 Å². The molecular weight excluding hydrogens is 402 g/mol. The van der Waals surface area contributed by atoms with Crippen molar-refractivity contribution >= 4 is 33.2 Å². The van der Waals surface area contributed by atoms with Crippen LogP contribution in [0.1, 0.15) is 30.4 Å². The van der Waals surface area contributed by atoms with Crippen molar-refractivity contribution in [3.05, 3.63) is 53.6 Å². The van der Waals surface area contributed by atoms with Crippen LogP contribution in [0.25, 0.3) is 0 Å². The second kappa shape index (κ2) is 7.85. The number of sulfonamides is 1. The Balaban J connectivity index is 1.49. The average molecular weight is 428 g/mol. The van der Waals surface area contributed by atoms with Gasteiger partial charge >= 0.3 is 0 Å². The van der Waals surface area contributed by atoms with Gasteiger partial charge in [0.05, 0.1) is 17.0 Å². The van der Waals surface area contributed by atoms with E-state index in [2.05, 4.69) is 5.32 Å². The number of anilines is 2. The Hall–Kier alpha value is -2.71. The smallest absolute Gasteiger partial charge is 0.256 e. The van der Waals surface area contributed by atoms with Gasteiger partial charge in [-0.15, -0.1) is 0 Å². The number of carbonyl (C=O) groups is 2. The van der Waals surface area contributed by atoms with Crippen molar-refractivity contribution in [2.24, 2.45) is 0 Å². The monoisotopic (exact) mass is 427 g/mol. The summed E-state index contributed by atoms with van der Waals surface area (Å²) in [5.74, 6) is -0.557. The van der Waals surface area contributed by atoms with Gasteiger partial charge in [-0.05, 0) is 62.6 Å². The van der Waals surface area contributed by atoms with Crippen LogP contribution in [-0.4, -0.2) is 43.7 Å². The molecule has 7 nitrogen and oxygen atoms in total. The molecule has 2 heterocycles. The van der Waals surface area contributed by atoms with Gasteiger partial charge < -0.3 is 5.32 Å². The van der Waals surface area contributed by atoms with E-state index in [9.17, 15) is 18.0 Å². The third-order valence-corrected chi connectivity index (χ3v) is 7.55. The Morgan fingerprint density at radius 1 is 0.967 bits per heavy atom. The summed E-state index contributed by atoms with van der Waals surface area (Å²) in [6, 6.07) is 11.3. The van der Waals surface area contributed by atoms with E-state index in [4.69, 9.17) is 0 Å². The summed E-state index contributed by atoms with van der Waals surface area (Å²) in [7, 11) is -3.48. The number of rotatable bonds is 5. The zero-order chi connectivity index (χ0) is 21.5. The first kappa shape index (κ1) is 20.6. The molecule has 2 fully saturated rings. The van der Waals surface area contributed by atoms with Crippen LogP contribution in [0, 0.1) is 13.8 Å². The van der Waals surface area contributed by atoms with Gasteiger partial charge in [0.15, 0.2) is 0 Å². The van der Waals surface area contributed by atoms with Crippen LogP contribution in [0.2, 0.25) is 0 Å². The van der Waals surface area contributed by atoms with Crippen LogP contribution < -0.4 is 10.2 Å². The van der Waals surface area contributed by atoms with E-state index in [0.717, 1.165) is 24.0 Å². The fourth-order valence-corrected chi connectivity index (χ4v) is 5.57. The third kappa shape index (κ3) is 3.73. The second-order valence-corrected chi connectivity index (χ2v) is 9.83. The number of aryl methyl sites for hydroxylation is 2. The van der Waals surface area contributed by atoms with Gasteiger partial charge in [0.2, 0.25) is 15.9 Å². The number of hydrogen-bond donors (Lipinski definition) is 1. The highest BCUT2D eigenvalue weighted by atomic mass is 32.2. The number of hydrogen-bond acceptors (Lipinski definition) is 5. The molecule has 2 saturated heterocycles. The molecule has 2 aliphatic rings. The van der Waals surface area contributed by atoms with E-state index in [1.54, 1.807) is 30.3 Å². The Morgan fingerprint density at radius 2 is 1.63 bits per heavy atom. The van der Waals surface area contributed by atoms with Crippen molar-refractivity contribution in [2.75, 3.05) is 23.3 Å². The van der Waals surface area contributed by atoms with Crippen molar-refractivity contribution in [3.63, 3.8) is 0 Å². The summed E-state index contributed by atoms with van der Waals surface area (Å²) in [6.07, 6.45) is 1.82. The Morgan fingerprint density at radius 3 is 2.27 bits per heavy atom. The van der Waals surface area contributed by atoms with E-state index in [1.807, 2.05) is 26.0 Å². The summed E-state index contributed by atoms with van der Waals surface area (Å²) < 4.78 is 26.8. The predicted octanol–water partition coefficient (Wildman–Crippen LogP) is 2.83. The lowest BCUT2D eigenvalue weighted by molar-refractivity contribution is -0.121. The van der Waals surface area contributed by atoms with Crippen LogP contribution in [0.5, 0.6) is 0 Å². The molecule has 0 unspecified atom stereocenters. The highest BCUT2D eigenvalue weighted by Crippen LogP contribution is 2.29. The number of nitrogens with zero attached hydrogens (tertiary/aromatic N) is 2. The lowest BCUT2D eigenvalue weighted by Gasteiger charge is -2.19. The van der Waals surface area contributed by atoms with Gasteiger partial charge in [-0.3, -0.25) is 9.59 Å². The molecule has 0 aliphatic carbocycles. The minimum absolute atomic E-state index is 0.0555. The largest absolute Gasteiger partial charge is 0.373 e. The zero-order valence-electron chi connectivity index (χ0n) is 17.1. The normalized spacial score (nSPS) is 20.2. The van der Waals surface area contributed by atoms with Crippen LogP contribution >= 0.6 is 0 Å². The first-order valence-electron chi connectivity index (χ1n) is 10.1. The summed E-state index contributed by atoms with van der Waals surface area (Å²) in [6.45, 7) is 4.94. The third-order valence-electron chi connectivity index (χ3n) is 5.64. The number of imide groups is 1. The molecule has 2 aromatic rings. The maximum absolute atomic E-state index is 12.9. The standard InChI is InChI=1S/C22H25N3O4S/c1-15-5-10-20(16(2)13-15)25-21(26)14-19(22(25)27)23-17-6-8-18(9-7-17)30(28,29)24-11-3-4-12-24/h5-10,13,19,23H,3-4,11-12,14H2,1-2H3/t19-/m0/s1. The molecule has 0 aromatic heterocycles. The predicted molar refractivity (Wildman–Crippen MR) is 115 cm³/mol. The number of carbonyl (C=O) groups excluding carboxylic acids is 2. The first-order chi connectivity index (χ1) is 14.3. The molecule has 2 aromatic carbocycles. The maximum Gasteiger partial charge on any atom is 0.256 e. The summed E-state index contributed by atoms with van der Waals surface area (Å²) in [4.78, 5) is 26.9. The van der Waals surface area contributed by atoms with E-state index in [1.165, 1.54) is 9.21 Å². The van der Waals surface area contributed by atoms with Crippen molar-refractivity contribution in [1.82, 2.24) is 4.31 Å². The summed E-state index contributed by atoms with van der Waals surface area (Å²) in [5.41, 5.74) is 3.14. The van der Waals surface area contributed by atoms with Crippen molar-refractivity contribution in [1.29, 1.82) is 0 Å². The van der Waals surface area contributed by atoms with Gasteiger partial charge in [-0.1, -0.05) is 17.7 Å². The van der Waals surface area contributed by atoms with Crippen LogP contribution in [0.4, 0.5) is 11.4 Å². The quantitative estimate of drug-likeness (QED) is 0.742. The maximum atomic E-state index is 12.9. The average Bonchev–Trinajstić information content (AvgIpc) is 3.33. The number of benzene rings is 2. The van der Waals surface area contributed by atoms with Crippen molar-refractivity contribution < 1.29 is 18.0 Å². The van der Waals surface area contributed by atoms with Crippen LogP contribution in [0.15, 0.2) is 47.4 Å². The summed E-state index contributed by atoms with van der Waals surface area (Å²) in [5, 5.41) is 3.08. The van der Waals surface area contributed by atoms with Gasteiger partial charge in [0.25, 0.3) is 5.91 Å². The molecule has 1 atom stereocenters. The van der Waals surface area contributed by atoms with E-state index >= 15 is 0 Å². The highest BCUT2D eigenvalue weighted by Gasteiger charge is 2.40. The Kier molecular flexibility index (Phi) is 5.38. The Labute approximate surface area is 176 Å². The van der Waals surface area contributed by atoms with Crippen LogP contribution in [0.3, 0.4) is 0 Å². The van der Waals surface area contributed by atoms with Crippen LogP contribution in [-0.2, 0) is 19.6 Å². The Bertz CT molecular complexity index is 1090. The van der Waals surface area contributed by atoms with Crippen molar-refractivity contribution in [2.45, 2.75) is 44.0 Å². The highest BCUT2D eigenvalue weighted by molar-refractivity contribution is 7.89. The zero-order valence-corrected chi connectivity index (χ0v) is 17.9. The molecule has 0 bridgehead atoms. The molecule has 0 radical (unpaired) electrons. The molecule has 0 saturated carbocycles. The van der Waals surface area contributed by atoms with Gasteiger partial charge in [0.1, 0.15) is 6.04 Å². The van der Waals surface area contributed by atoms with Gasteiger partial charge in [-0.2, -0.15) is 4.31 Å². The molecular formula is C22H25N3O4S. The lowest BCUT2D eigenvalue weighted by Crippen LogP contribution is -2.35. The lowest BCUT2D eigenvalue weighted by atomic mass is 10.1. The molecule has 8 heteroatoms. The second-order valence-electron chi connectivity index (χ2n) is 7.89. The van der Waals surface area contributed by atoms with E-state index in [-0.39, 0.29) is 23.1 Å².